The van der Waals surface area contributed by atoms with E-state index in [1.807, 2.05) is 6.92 Å². The van der Waals surface area contributed by atoms with Crippen LogP contribution in [0.15, 0.2) is 47.4 Å². The Morgan fingerprint density at radius 2 is 1.88 bits per heavy atom. The Labute approximate surface area is 189 Å². The molecule has 0 bridgehead atoms. The van der Waals surface area contributed by atoms with Crippen molar-refractivity contribution in [1.82, 2.24) is 9.62 Å². The van der Waals surface area contributed by atoms with E-state index < -0.39 is 14.9 Å². The zero-order valence-corrected chi connectivity index (χ0v) is 19.5. The van der Waals surface area contributed by atoms with E-state index in [1.54, 1.807) is 0 Å². The second kappa shape index (κ2) is 10.3. The van der Waals surface area contributed by atoms with Gasteiger partial charge in [0.2, 0.25) is 10.0 Å². The number of rotatable bonds is 9. The number of non-ortho nitro benzene ring substituents is 1. The predicted molar refractivity (Wildman–Crippen MR) is 124 cm³/mol. The number of nitro groups is 1. The van der Waals surface area contributed by atoms with Crippen LogP contribution in [0.5, 0.6) is 5.75 Å². The summed E-state index contributed by atoms with van der Waals surface area (Å²) in [5.41, 5.74) is 2.26. The van der Waals surface area contributed by atoms with Crippen LogP contribution >= 0.6 is 0 Å². The Morgan fingerprint density at radius 3 is 2.50 bits per heavy atom. The van der Waals surface area contributed by atoms with Crippen LogP contribution in [-0.4, -0.2) is 64.1 Å². The second-order valence-electron chi connectivity index (χ2n) is 8.07. The van der Waals surface area contributed by atoms with Gasteiger partial charge in [-0.3, -0.25) is 15.0 Å². The Hall–Kier alpha value is -2.69. The molecule has 0 spiro atoms. The monoisotopic (exact) mass is 462 g/mol. The first-order valence-electron chi connectivity index (χ1n) is 10.6. The van der Waals surface area contributed by atoms with E-state index >= 15 is 0 Å². The Balaban J connectivity index is 1.53. The van der Waals surface area contributed by atoms with Crippen molar-refractivity contribution in [2.75, 3.05) is 44.7 Å². The van der Waals surface area contributed by atoms with E-state index in [0.717, 1.165) is 44.9 Å². The van der Waals surface area contributed by atoms with Gasteiger partial charge in [-0.1, -0.05) is 12.1 Å². The third-order valence-electron chi connectivity index (χ3n) is 5.62. The minimum absolute atomic E-state index is 0.0498. The van der Waals surface area contributed by atoms with Gasteiger partial charge in [0, 0.05) is 44.0 Å². The third-order valence-corrected chi connectivity index (χ3v) is 7.25. The normalized spacial score (nSPS) is 16.0. The number of anilines is 1. The summed E-state index contributed by atoms with van der Waals surface area (Å²) in [6, 6.07) is 11.7. The molecule has 0 aromatic heterocycles. The number of ether oxygens (including phenoxy) is 1. The predicted octanol–water partition coefficient (Wildman–Crippen LogP) is 2.79. The van der Waals surface area contributed by atoms with Gasteiger partial charge in [-0.15, -0.1) is 0 Å². The van der Waals surface area contributed by atoms with Crippen molar-refractivity contribution in [2.24, 2.45) is 0 Å². The number of hydrogen-bond acceptors (Lipinski definition) is 7. The molecule has 9 nitrogen and oxygen atoms in total. The molecule has 1 aliphatic rings. The van der Waals surface area contributed by atoms with Crippen molar-refractivity contribution in [2.45, 2.75) is 31.2 Å². The number of sulfonamides is 1. The van der Waals surface area contributed by atoms with E-state index in [0.29, 0.717) is 6.42 Å². The lowest BCUT2D eigenvalue weighted by Gasteiger charge is -2.36. The lowest BCUT2D eigenvalue weighted by atomic mass is 10.2. The Kier molecular flexibility index (Phi) is 7.70. The highest BCUT2D eigenvalue weighted by Crippen LogP contribution is 2.28. The molecule has 1 atom stereocenters. The van der Waals surface area contributed by atoms with Crippen LogP contribution in [0.4, 0.5) is 11.4 Å². The molecule has 0 radical (unpaired) electrons. The molecule has 10 heteroatoms. The first-order valence-corrected chi connectivity index (χ1v) is 12.1. The van der Waals surface area contributed by atoms with Gasteiger partial charge in [-0.05, 0) is 50.6 Å². The average Bonchev–Trinajstić information content (AvgIpc) is 2.77. The quantitative estimate of drug-likeness (QED) is 0.451. The minimum Gasteiger partial charge on any atom is -0.495 e. The largest absolute Gasteiger partial charge is 0.495 e. The number of aryl methyl sites for hydroxylation is 1. The molecule has 1 saturated heterocycles. The van der Waals surface area contributed by atoms with Crippen LogP contribution in [0.2, 0.25) is 0 Å². The number of nitro benzene ring substituents is 1. The molecule has 1 N–H and O–H groups in total. The van der Waals surface area contributed by atoms with Gasteiger partial charge in [0.25, 0.3) is 5.69 Å². The van der Waals surface area contributed by atoms with E-state index in [4.69, 9.17) is 4.74 Å². The van der Waals surface area contributed by atoms with Gasteiger partial charge < -0.3 is 9.64 Å². The molecule has 2 aromatic carbocycles. The molecule has 174 valence electrons. The summed E-state index contributed by atoms with van der Waals surface area (Å²) < 4.78 is 33.3. The zero-order chi connectivity index (χ0) is 23.3. The van der Waals surface area contributed by atoms with Crippen LogP contribution in [0, 0.1) is 17.0 Å². The maximum Gasteiger partial charge on any atom is 0.273 e. The van der Waals surface area contributed by atoms with Gasteiger partial charge >= 0.3 is 0 Å². The van der Waals surface area contributed by atoms with Crippen molar-refractivity contribution in [3.05, 3.63) is 58.1 Å². The van der Waals surface area contributed by atoms with Crippen molar-refractivity contribution in [1.29, 1.82) is 0 Å². The summed E-state index contributed by atoms with van der Waals surface area (Å²) in [5, 5.41) is 10.9. The maximum absolute atomic E-state index is 12.8. The van der Waals surface area contributed by atoms with E-state index in [-0.39, 0.29) is 22.4 Å². The maximum atomic E-state index is 12.8. The van der Waals surface area contributed by atoms with Gasteiger partial charge in [0.15, 0.2) is 0 Å². The topological polar surface area (TPSA) is 105 Å². The Bertz CT molecular complexity index is 1050. The minimum atomic E-state index is -3.87. The van der Waals surface area contributed by atoms with E-state index in [2.05, 4.69) is 45.7 Å². The summed E-state index contributed by atoms with van der Waals surface area (Å²) in [6.45, 7) is 8.40. The lowest BCUT2D eigenvalue weighted by molar-refractivity contribution is -0.385. The summed E-state index contributed by atoms with van der Waals surface area (Å²) >= 11 is 0. The number of nitrogens with one attached hydrogen (secondary N) is 1. The van der Waals surface area contributed by atoms with Gasteiger partial charge in [0.05, 0.1) is 18.1 Å². The van der Waals surface area contributed by atoms with Crippen molar-refractivity contribution in [3.8, 4) is 5.75 Å². The molecular formula is C22H30N4O5S. The summed E-state index contributed by atoms with van der Waals surface area (Å²) in [5.74, 6) is -0.0498. The first-order chi connectivity index (χ1) is 15.2. The van der Waals surface area contributed by atoms with E-state index in [9.17, 15) is 18.5 Å². The number of hydrogen-bond donors (Lipinski definition) is 1. The lowest BCUT2D eigenvalue weighted by Crippen LogP contribution is -2.47. The van der Waals surface area contributed by atoms with Crippen molar-refractivity contribution < 1.29 is 18.1 Å². The summed E-state index contributed by atoms with van der Waals surface area (Å²) in [7, 11) is -2.58. The standard InChI is InChI=1S/C22H30N4O5S/c1-17-5-4-6-19(15-17)25-13-11-24(12-14-25)10-9-18(2)23-32(29,30)22-8-7-20(26(27)28)16-21(22)31-3/h4-8,15-16,18,23H,9-14H2,1-3H3. The number of benzene rings is 2. The molecule has 0 amide bonds. The van der Waals surface area contributed by atoms with Gasteiger partial charge in [-0.2, -0.15) is 0 Å². The van der Waals surface area contributed by atoms with Crippen molar-refractivity contribution in [3.63, 3.8) is 0 Å². The molecule has 0 saturated carbocycles. The molecule has 1 unspecified atom stereocenters. The molecule has 1 aliphatic heterocycles. The molecular weight excluding hydrogens is 432 g/mol. The smallest absolute Gasteiger partial charge is 0.273 e. The van der Waals surface area contributed by atoms with Crippen molar-refractivity contribution >= 4 is 21.4 Å². The zero-order valence-electron chi connectivity index (χ0n) is 18.7. The summed E-state index contributed by atoms with van der Waals surface area (Å²) in [4.78, 5) is 14.9. The van der Waals surface area contributed by atoms with Crippen LogP contribution < -0.4 is 14.4 Å². The average molecular weight is 463 g/mol. The third kappa shape index (κ3) is 5.96. The van der Waals surface area contributed by atoms with Crippen LogP contribution in [0.25, 0.3) is 0 Å². The molecule has 0 aliphatic carbocycles. The highest BCUT2D eigenvalue weighted by molar-refractivity contribution is 7.89. The fourth-order valence-corrected chi connectivity index (χ4v) is 5.24. The number of piperazine rings is 1. The fourth-order valence-electron chi connectivity index (χ4n) is 3.81. The van der Waals surface area contributed by atoms with Gasteiger partial charge in [-0.25, -0.2) is 13.1 Å². The Morgan fingerprint density at radius 1 is 1.16 bits per heavy atom. The van der Waals surface area contributed by atoms with Gasteiger partial charge in [0.1, 0.15) is 10.6 Å². The second-order valence-corrected chi connectivity index (χ2v) is 9.75. The molecule has 2 aromatic rings. The highest BCUT2D eigenvalue weighted by atomic mass is 32.2. The number of methoxy groups -OCH3 is 1. The van der Waals surface area contributed by atoms with Crippen LogP contribution in [0.3, 0.4) is 0 Å². The molecule has 1 heterocycles. The molecule has 32 heavy (non-hydrogen) atoms. The van der Waals surface area contributed by atoms with E-state index in [1.165, 1.54) is 24.4 Å². The number of nitrogens with zero attached hydrogens (tertiary/aromatic N) is 3. The summed E-state index contributed by atoms with van der Waals surface area (Å²) in [6.07, 6.45) is 0.652. The molecule has 3 rings (SSSR count). The first kappa shape index (κ1) is 24.0. The molecule has 1 fully saturated rings. The fraction of sp³-hybridized carbons (Fsp3) is 0.455. The SMILES string of the molecule is COc1cc([N+](=O)[O-])ccc1S(=O)(=O)NC(C)CCN1CCN(c2cccc(C)c2)CC1. The van der Waals surface area contributed by atoms with Crippen LogP contribution in [0.1, 0.15) is 18.9 Å². The highest BCUT2D eigenvalue weighted by Gasteiger charge is 2.25. The van der Waals surface area contributed by atoms with Crippen LogP contribution in [-0.2, 0) is 10.0 Å².